The molecule has 0 bridgehead atoms. The molecule has 1 amide bonds. The van der Waals surface area contributed by atoms with Crippen molar-refractivity contribution < 1.29 is 14.3 Å². The first-order chi connectivity index (χ1) is 17.6. The molecule has 3 aliphatic rings. The van der Waals surface area contributed by atoms with Crippen LogP contribution in [0.4, 0.5) is 23.0 Å². The van der Waals surface area contributed by atoms with E-state index in [1.807, 2.05) is 19.1 Å². The summed E-state index contributed by atoms with van der Waals surface area (Å²) in [4.78, 5) is 26.6. The quantitative estimate of drug-likeness (QED) is 0.483. The third-order valence-corrected chi connectivity index (χ3v) is 7.26. The average molecular weight is 496 g/mol. The highest BCUT2D eigenvalue weighted by molar-refractivity contribution is 5.96. The number of aryl methyl sites for hydroxylation is 1. The number of benzene rings is 1. The molecule has 3 fully saturated rings. The van der Waals surface area contributed by atoms with Gasteiger partial charge in [-0.3, -0.25) is 9.69 Å². The number of nitrogens with two attached hydrogens (primary N) is 1. The third kappa shape index (κ3) is 5.49. The second-order valence-electron chi connectivity index (χ2n) is 9.73. The van der Waals surface area contributed by atoms with Crippen LogP contribution in [0.25, 0.3) is 0 Å². The molecular formula is C26H37N7O3. The maximum absolute atomic E-state index is 12.3. The molecule has 10 nitrogen and oxygen atoms in total. The van der Waals surface area contributed by atoms with Gasteiger partial charge in [0.2, 0.25) is 0 Å². The fourth-order valence-electron chi connectivity index (χ4n) is 5.05. The SMILES string of the molecule is CCc1nc(C(N)=O)c(Nc2ccc(N3CCN(C4CC4)CC3)c(OC)c2)nc1NC1CCOCC1. The molecule has 0 radical (unpaired) electrons. The molecule has 10 heteroatoms. The minimum absolute atomic E-state index is 0.128. The van der Waals surface area contributed by atoms with Crippen molar-refractivity contribution in [3.63, 3.8) is 0 Å². The number of carbonyl (C=O) groups is 1. The minimum atomic E-state index is -0.616. The highest BCUT2D eigenvalue weighted by atomic mass is 16.5. The number of primary amides is 1. The Morgan fingerprint density at radius 1 is 1.11 bits per heavy atom. The van der Waals surface area contributed by atoms with E-state index in [1.165, 1.54) is 12.8 Å². The maximum Gasteiger partial charge on any atom is 0.271 e. The summed E-state index contributed by atoms with van der Waals surface area (Å²) in [6, 6.07) is 7.04. The predicted octanol–water partition coefficient (Wildman–Crippen LogP) is 2.77. The first-order valence-corrected chi connectivity index (χ1v) is 13.0. The van der Waals surface area contributed by atoms with E-state index in [9.17, 15) is 4.79 Å². The van der Waals surface area contributed by atoms with E-state index < -0.39 is 5.91 Å². The van der Waals surface area contributed by atoms with Crippen molar-refractivity contribution in [2.24, 2.45) is 5.73 Å². The number of rotatable bonds is 9. The summed E-state index contributed by atoms with van der Waals surface area (Å²) >= 11 is 0. The molecule has 2 aromatic rings. The van der Waals surface area contributed by atoms with Crippen molar-refractivity contribution in [3.05, 3.63) is 29.6 Å². The average Bonchev–Trinajstić information content (AvgIpc) is 3.75. The van der Waals surface area contributed by atoms with Gasteiger partial charge in [0.05, 0.1) is 18.5 Å². The van der Waals surface area contributed by atoms with E-state index in [1.54, 1.807) is 7.11 Å². The van der Waals surface area contributed by atoms with Crippen LogP contribution in [-0.4, -0.2) is 79.4 Å². The molecule has 1 aromatic heterocycles. The molecule has 4 N–H and O–H groups in total. The molecule has 36 heavy (non-hydrogen) atoms. The first kappa shape index (κ1) is 24.6. The largest absolute Gasteiger partial charge is 0.495 e. The lowest BCUT2D eigenvalue weighted by molar-refractivity contribution is 0.0903. The lowest BCUT2D eigenvalue weighted by Crippen LogP contribution is -2.47. The van der Waals surface area contributed by atoms with Crippen molar-refractivity contribution in [1.29, 1.82) is 0 Å². The molecule has 194 valence electrons. The normalized spacial score (nSPS) is 19.2. The van der Waals surface area contributed by atoms with Crippen molar-refractivity contribution in [2.75, 3.05) is 62.0 Å². The van der Waals surface area contributed by atoms with Crippen LogP contribution in [-0.2, 0) is 11.2 Å². The molecule has 3 heterocycles. The van der Waals surface area contributed by atoms with E-state index in [4.69, 9.17) is 20.2 Å². The fraction of sp³-hybridized carbons (Fsp3) is 0.577. The van der Waals surface area contributed by atoms with Gasteiger partial charge >= 0.3 is 0 Å². The summed E-state index contributed by atoms with van der Waals surface area (Å²) in [7, 11) is 1.68. The zero-order chi connectivity index (χ0) is 25.1. The second kappa shape index (κ2) is 10.9. The topological polar surface area (TPSA) is 118 Å². The number of methoxy groups -OCH3 is 1. The van der Waals surface area contributed by atoms with E-state index in [0.29, 0.717) is 18.1 Å². The van der Waals surface area contributed by atoms with Gasteiger partial charge < -0.3 is 30.7 Å². The Balaban J connectivity index is 1.37. The lowest BCUT2D eigenvalue weighted by atomic mass is 10.1. The lowest BCUT2D eigenvalue weighted by Gasteiger charge is -2.36. The Bertz CT molecular complexity index is 1080. The highest BCUT2D eigenvalue weighted by Gasteiger charge is 2.31. The number of piperazine rings is 1. The Labute approximate surface area is 212 Å². The van der Waals surface area contributed by atoms with Gasteiger partial charge in [0, 0.05) is 63.2 Å². The van der Waals surface area contributed by atoms with Crippen LogP contribution in [0.5, 0.6) is 5.75 Å². The van der Waals surface area contributed by atoms with Crippen molar-refractivity contribution in [1.82, 2.24) is 14.9 Å². The Morgan fingerprint density at radius 3 is 2.50 bits per heavy atom. The van der Waals surface area contributed by atoms with Crippen LogP contribution in [0.3, 0.4) is 0 Å². The van der Waals surface area contributed by atoms with Gasteiger partial charge in [0.1, 0.15) is 5.75 Å². The minimum Gasteiger partial charge on any atom is -0.495 e. The van der Waals surface area contributed by atoms with E-state index in [0.717, 1.165) is 81.1 Å². The number of nitrogens with zero attached hydrogens (tertiary/aromatic N) is 4. The fourth-order valence-corrected chi connectivity index (χ4v) is 5.05. The number of aromatic nitrogens is 2. The summed E-state index contributed by atoms with van der Waals surface area (Å²) in [5, 5.41) is 6.77. The number of nitrogens with one attached hydrogen (secondary N) is 2. The summed E-state index contributed by atoms with van der Waals surface area (Å²) in [5.41, 5.74) is 8.36. The molecule has 2 aliphatic heterocycles. The summed E-state index contributed by atoms with van der Waals surface area (Å²) in [5.74, 6) is 1.17. The Hall–Kier alpha value is -3.11. The zero-order valence-corrected chi connectivity index (χ0v) is 21.3. The number of amides is 1. The van der Waals surface area contributed by atoms with Gasteiger partial charge in [0.15, 0.2) is 17.3 Å². The van der Waals surface area contributed by atoms with E-state index in [2.05, 4.69) is 31.5 Å². The number of hydrogen-bond acceptors (Lipinski definition) is 9. The summed E-state index contributed by atoms with van der Waals surface area (Å²) in [6.07, 6.45) is 5.12. The van der Waals surface area contributed by atoms with Crippen LogP contribution < -0.4 is 26.0 Å². The van der Waals surface area contributed by atoms with Crippen molar-refractivity contribution in [2.45, 2.75) is 51.1 Å². The molecule has 2 saturated heterocycles. The molecule has 0 spiro atoms. The van der Waals surface area contributed by atoms with Crippen LogP contribution in [0.2, 0.25) is 0 Å². The van der Waals surface area contributed by atoms with Crippen LogP contribution >= 0.6 is 0 Å². The molecular weight excluding hydrogens is 458 g/mol. The Kier molecular flexibility index (Phi) is 7.43. The zero-order valence-electron chi connectivity index (χ0n) is 21.3. The standard InChI is InChI=1S/C26H37N7O3/c1-3-20-25(28-17-8-14-36-15-9-17)31-26(23(30-20)24(27)34)29-18-4-7-21(22(16-18)35-2)33-12-10-32(11-13-33)19-5-6-19/h4,7,16-17,19H,3,5-6,8-15H2,1-2H3,(H2,27,34)(H2,28,29,31). The van der Waals surface area contributed by atoms with Gasteiger partial charge in [-0.2, -0.15) is 0 Å². The van der Waals surface area contributed by atoms with Gasteiger partial charge in [-0.1, -0.05) is 6.92 Å². The second-order valence-corrected chi connectivity index (χ2v) is 9.73. The van der Waals surface area contributed by atoms with Gasteiger partial charge in [0.25, 0.3) is 5.91 Å². The molecule has 0 unspecified atom stereocenters. The van der Waals surface area contributed by atoms with Gasteiger partial charge in [-0.15, -0.1) is 0 Å². The first-order valence-electron chi connectivity index (χ1n) is 13.0. The monoisotopic (exact) mass is 495 g/mol. The van der Waals surface area contributed by atoms with Crippen LogP contribution in [0.15, 0.2) is 18.2 Å². The molecule has 1 aromatic carbocycles. The van der Waals surface area contributed by atoms with Crippen LogP contribution in [0.1, 0.15) is 48.8 Å². The van der Waals surface area contributed by atoms with E-state index >= 15 is 0 Å². The molecule has 0 atom stereocenters. The predicted molar refractivity (Wildman–Crippen MR) is 140 cm³/mol. The summed E-state index contributed by atoms with van der Waals surface area (Å²) in [6.45, 7) is 7.56. The number of anilines is 4. The van der Waals surface area contributed by atoms with Gasteiger partial charge in [-0.25, -0.2) is 9.97 Å². The van der Waals surface area contributed by atoms with Crippen molar-refractivity contribution in [3.8, 4) is 5.75 Å². The molecule has 1 aliphatic carbocycles. The summed E-state index contributed by atoms with van der Waals surface area (Å²) < 4.78 is 11.2. The number of ether oxygens (including phenoxy) is 2. The van der Waals surface area contributed by atoms with Gasteiger partial charge in [-0.05, 0) is 44.2 Å². The van der Waals surface area contributed by atoms with E-state index in [-0.39, 0.29) is 11.7 Å². The highest BCUT2D eigenvalue weighted by Crippen LogP contribution is 2.35. The maximum atomic E-state index is 12.3. The van der Waals surface area contributed by atoms with Crippen LogP contribution in [0, 0.1) is 0 Å². The molecule has 1 saturated carbocycles. The molecule has 5 rings (SSSR count). The van der Waals surface area contributed by atoms with Crippen molar-refractivity contribution >= 4 is 28.9 Å². The smallest absolute Gasteiger partial charge is 0.271 e. The Morgan fingerprint density at radius 2 is 1.86 bits per heavy atom. The number of hydrogen-bond donors (Lipinski definition) is 3. The number of carbonyl (C=O) groups excluding carboxylic acids is 1. The third-order valence-electron chi connectivity index (χ3n) is 7.26.